The number of ether oxygens (including phenoxy) is 2. The molecule has 158 valence electrons. The third-order valence-electron chi connectivity index (χ3n) is 5.38. The molecule has 2 aliphatic rings. The van der Waals surface area contributed by atoms with E-state index in [1.54, 1.807) is 4.90 Å². The smallest absolute Gasteiger partial charge is 0.376 e. The lowest BCUT2D eigenvalue weighted by Gasteiger charge is -2.32. The Morgan fingerprint density at radius 1 is 1.28 bits per heavy atom. The molecule has 0 bridgehead atoms. The number of fused-ring (bicyclic) bond motifs is 1. The highest BCUT2D eigenvalue weighted by Gasteiger charge is 2.36. The zero-order chi connectivity index (χ0) is 20.4. The van der Waals surface area contributed by atoms with E-state index in [9.17, 15) is 18.0 Å². The van der Waals surface area contributed by atoms with Gasteiger partial charge in [0.2, 0.25) is 5.91 Å². The van der Waals surface area contributed by atoms with Crippen LogP contribution in [-0.4, -0.2) is 69.4 Å². The molecule has 0 N–H and O–H groups in total. The predicted octanol–water partition coefficient (Wildman–Crippen LogP) is 2.04. The van der Waals surface area contributed by atoms with Gasteiger partial charge in [-0.25, -0.2) is 4.98 Å². The second-order valence-electron chi connectivity index (χ2n) is 7.34. The average Bonchev–Trinajstić information content (AvgIpc) is 3.38. The van der Waals surface area contributed by atoms with Crippen molar-refractivity contribution in [3.05, 3.63) is 23.8 Å². The molecule has 2 aromatic heterocycles. The standard InChI is InChI=1S/C18H22F3N5O3/c19-18(20,21)15-8-14(24-17-22-11-23-26(15)17)12-3-5-25(6-4-12)16(27)10-28-9-13-2-1-7-29-13/h8,11-13H,1-7,9-10H2. The van der Waals surface area contributed by atoms with Crippen LogP contribution in [0.3, 0.4) is 0 Å². The van der Waals surface area contributed by atoms with Crippen molar-refractivity contribution in [2.75, 3.05) is 32.9 Å². The lowest BCUT2D eigenvalue weighted by molar-refractivity contribution is -0.142. The van der Waals surface area contributed by atoms with E-state index in [4.69, 9.17) is 9.47 Å². The third kappa shape index (κ3) is 4.50. The van der Waals surface area contributed by atoms with E-state index in [-0.39, 0.29) is 30.3 Å². The SMILES string of the molecule is O=C(COCC1CCCO1)N1CCC(c2cc(C(F)(F)F)n3ncnc3n2)CC1. The predicted molar refractivity (Wildman–Crippen MR) is 94.1 cm³/mol. The number of hydrogen-bond acceptors (Lipinski definition) is 6. The second kappa shape index (κ2) is 8.23. The quantitative estimate of drug-likeness (QED) is 0.746. The van der Waals surface area contributed by atoms with Gasteiger partial charge in [0.15, 0.2) is 5.69 Å². The third-order valence-corrected chi connectivity index (χ3v) is 5.38. The number of hydrogen-bond donors (Lipinski definition) is 0. The first-order valence-corrected chi connectivity index (χ1v) is 9.67. The van der Waals surface area contributed by atoms with Crippen LogP contribution in [0.5, 0.6) is 0 Å². The van der Waals surface area contributed by atoms with Crippen molar-refractivity contribution in [1.82, 2.24) is 24.5 Å². The summed E-state index contributed by atoms with van der Waals surface area (Å²) in [5.74, 6) is -0.358. The van der Waals surface area contributed by atoms with Crippen molar-refractivity contribution < 1.29 is 27.4 Å². The minimum Gasteiger partial charge on any atom is -0.376 e. The number of amides is 1. The van der Waals surface area contributed by atoms with E-state index >= 15 is 0 Å². The second-order valence-corrected chi connectivity index (χ2v) is 7.34. The van der Waals surface area contributed by atoms with E-state index in [0.29, 0.717) is 42.7 Å². The first-order chi connectivity index (χ1) is 13.9. The van der Waals surface area contributed by atoms with Gasteiger partial charge in [-0.05, 0) is 31.7 Å². The van der Waals surface area contributed by atoms with Crippen molar-refractivity contribution in [2.45, 2.75) is 43.9 Å². The molecule has 2 saturated heterocycles. The van der Waals surface area contributed by atoms with E-state index in [1.165, 1.54) is 0 Å². The highest BCUT2D eigenvalue weighted by molar-refractivity contribution is 5.77. The lowest BCUT2D eigenvalue weighted by Crippen LogP contribution is -2.40. The minimum atomic E-state index is -4.55. The average molecular weight is 413 g/mol. The number of carbonyl (C=O) groups excluding carboxylic acids is 1. The van der Waals surface area contributed by atoms with Gasteiger partial charge in [-0.3, -0.25) is 4.79 Å². The summed E-state index contributed by atoms with van der Waals surface area (Å²) in [6.07, 6.45) is -0.407. The number of piperidine rings is 1. The number of carbonyl (C=O) groups is 1. The molecule has 2 aromatic rings. The van der Waals surface area contributed by atoms with Crippen LogP contribution < -0.4 is 0 Å². The fourth-order valence-corrected chi connectivity index (χ4v) is 3.81. The summed E-state index contributed by atoms with van der Waals surface area (Å²) in [7, 11) is 0. The summed E-state index contributed by atoms with van der Waals surface area (Å²) in [6, 6.07) is 1.04. The highest BCUT2D eigenvalue weighted by Crippen LogP contribution is 2.33. The van der Waals surface area contributed by atoms with Gasteiger partial charge in [-0.1, -0.05) is 0 Å². The van der Waals surface area contributed by atoms with Gasteiger partial charge in [0.05, 0.1) is 12.7 Å². The number of nitrogens with zero attached hydrogens (tertiary/aromatic N) is 5. The first-order valence-electron chi connectivity index (χ1n) is 9.67. The maximum Gasteiger partial charge on any atom is 0.433 e. The van der Waals surface area contributed by atoms with Crippen molar-refractivity contribution in [2.24, 2.45) is 0 Å². The van der Waals surface area contributed by atoms with E-state index in [1.807, 2.05) is 0 Å². The van der Waals surface area contributed by atoms with Crippen LogP contribution in [0.25, 0.3) is 5.78 Å². The molecule has 0 aromatic carbocycles. The van der Waals surface area contributed by atoms with Crippen molar-refractivity contribution >= 4 is 11.7 Å². The largest absolute Gasteiger partial charge is 0.433 e. The van der Waals surface area contributed by atoms with E-state index in [2.05, 4.69) is 15.1 Å². The van der Waals surface area contributed by atoms with Gasteiger partial charge in [0.1, 0.15) is 12.9 Å². The van der Waals surface area contributed by atoms with Gasteiger partial charge >= 0.3 is 6.18 Å². The van der Waals surface area contributed by atoms with Gasteiger partial charge in [-0.2, -0.15) is 27.8 Å². The van der Waals surface area contributed by atoms with Gasteiger partial charge < -0.3 is 14.4 Å². The number of alkyl halides is 3. The summed E-state index contributed by atoms with van der Waals surface area (Å²) < 4.78 is 51.7. The fraction of sp³-hybridized carbons (Fsp3) is 0.667. The molecule has 2 fully saturated rings. The Bertz CT molecular complexity index is 858. The topological polar surface area (TPSA) is 81.9 Å². The summed E-state index contributed by atoms with van der Waals surface area (Å²) >= 11 is 0. The minimum absolute atomic E-state index is 0.00724. The maximum atomic E-state index is 13.3. The Hall–Kier alpha value is -2.27. The van der Waals surface area contributed by atoms with E-state index in [0.717, 1.165) is 31.8 Å². The van der Waals surface area contributed by atoms with Gasteiger partial charge in [0, 0.05) is 31.3 Å². The zero-order valence-electron chi connectivity index (χ0n) is 15.8. The Kier molecular flexibility index (Phi) is 5.68. The van der Waals surface area contributed by atoms with Gasteiger partial charge in [-0.15, -0.1) is 0 Å². The monoisotopic (exact) mass is 413 g/mol. The van der Waals surface area contributed by atoms with Crippen LogP contribution in [0.15, 0.2) is 12.4 Å². The summed E-state index contributed by atoms with van der Waals surface area (Å²) in [5, 5.41) is 3.61. The summed E-state index contributed by atoms with van der Waals surface area (Å²) in [4.78, 5) is 22.1. The zero-order valence-corrected chi connectivity index (χ0v) is 15.8. The molecule has 0 saturated carbocycles. The van der Waals surface area contributed by atoms with Crippen molar-refractivity contribution in [3.63, 3.8) is 0 Å². The van der Waals surface area contributed by atoms with E-state index < -0.39 is 11.9 Å². The van der Waals surface area contributed by atoms with Crippen molar-refractivity contribution in [1.29, 1.82) is 0 Å². The Labute approximate surface area is 165 Å². The Morgan fingerprint density at radius 2 is 2.07 bits per heavy atom. The summed E-state index contributed by atoms with van der Waals surface area (Å²) in [6.45, 7) is 2.04. The van der Waals surface area contributed by atoms with Crippen LogP contribution in [0.1, 0.15) is 43.0 Å². The number of halogens is 3. The molecule has 29 heavy (non-hydrogen) atoms. The Balaban J connectivity index is 1.35. The van der Waals surface area contributed by atoms with Crippen LogP contribution in [-0.2, 0) is 20.4 Å². The Morgan fingerprint density at radius 3 is 2.76 bits per heavy atom. The van der Waals surface area contributed by atoms with Crippen LogP contribution in [0.4, 0.5) is 13.2 Å². The summed E-state index contributed by atoms with van der Waals surface area (Å²) in [5.41, 5.74) is -0.560. The van der Waals surface area contributed by atoms with Gasteiger partial charge in [0.25, 0.3) is 5.78 Å². The molecule has 1 unspecified atom stereocenters. The van der Waals surface area contributed by atoms with Crippen molar-refractivity contribution in [3.8, 4) is 0 Å². The highest BCUT2D eigenvalue weighted by atomic mass is 19.4. The van der Waals surface area contributed by atoms with Crippen LogP contribution in [0, 0.1) is 0 Å². The molecular weight excluding hydrogens is 391 g/mol. The molecule has 0 radical (unpaired) electrons. The number of aromatic nitrogens is 4. The fourth-order valence-electron chi connectivity index (χ4n) is 3.81. The molecule has 11 heteroatoms. The molecule has 4 rings (SSSR count). The van der Waals surface area contributed by atoms with Crippen LogP contribution in [0.2, 0.25) is 0 Å². The lowest BCUT2D eigenvalue weighted by atomic mass is 9.93. The number of rotatable bonds is 5. The molecule has 1 atom stereocenters. The van der Waals surface area contributed by atoms with Crippen LogP contribution >= 0.6 is 0 Å². The molecule has 1 amide bonds. The molecule has 8 nitrogen and oxygen atoms in total. The number of likely N-dealkylation sites (tertiary alicyclic amines) is 1. The molecule has 0 spiro atoms. The molecule has 0 aliphatic carbocycles. The molecule has 2 aliphatic heterocycles. The first kappa shape index (κ1) is 20.0. The normalized spacial score (nSPS) is 21.2. The maximum absolute atomic E-state index is 13.3. The molecule has 4 heterocycles. The molecular formula is C18H22F3N5O3.